The molecule has 20 nitrogen and oxygen atoms in total. The number of carbonyl (C=O) groups is 4. The van der Waals surface area contributed by atoms with Gasteiger partial charge in [-0.3, -0.25) is 9.88 Å². The Bertz CT molecular complexity index is 1260. The number of para-hydroxylation sites is 1. The average molecular weight is 642 g/mol. The van der Waals surface area contributed by atoms with Gasteiger partial charge >= 0.3 is 23.9 Å². The van der Waals surface area contributed by atoms with Crippen molar-refractivity contribution in [3.05, 3.63) is 75.0 Å². The predicted octanol–water partition coefficient (Wildman–Crippen LogP) is 1.19. The molecule has 45 heavy (non-hydrogen) atoms. The zero-order valence-corrected chi connectivity index (χ0v) is 23.7. The fourth-order valence-electron chi connectivity index (χ4n) is 3.10. The SMILES string of the molecule is COc1cccc2c(NCCCN(CCO[N+](=O)[O-])CCO[N+](=O)[O-])ccnc12.O=C(O)/C=C/C(=O)O.O=C(O)/C=C/C(=O)O. The number of pyridine rings is 1. The molecular formula is C25H31N5O15. The Morgan fingerprint density at radius 1 is 0.844 bits per heavy atom. The lowest BCUT2D eigenvalue weighted by Gasteiger charge is -2.21. The quantitative estimate of drug-likeness (QED) is 0.0660. The molecule has 0 unspecified atom stereocenters. The first-order chi connectivity index (χ1) is 21.3. The van der Waals surface area contributed by atoms with Crippen LogP contribution >= 0.6 is 0 Å². The highest BCUT2D eigenvalue weighted by molar-refractivity contribution is 5.94. The van der Waals surface area contributed by atoms with Crippen LogP contribution in [0.4, 0.5) is 5.69 Å². The summed E-state index contributed by atoms with van der Waals surface area (Å²) in [6.45, 7) is 1.47. The molecule has 1 heterocycles. The normalized spacial score (nSPS) is 10.3. The van der Waals surface area contributed by atoms with Crippen molar-refractivity contribution in [3.8, 4) is 5.75 Å². The molecule has 0 aliphatic carbocycles. The van der Waals surface area contributed by atoms with E-state index in [0.29, 0.717) is 49.6 Å². The molecular weight excluding hydrogens is 610 g/mol. The van der Waals surface area contributed by atoms with E-state index in [1.165, 1.54) is 0 Å². The summed E-state index contributed by atoms with van der Waals surface area (Å²) < 4.78 is 5.33. The Labute approximate surface area is 253 Å². The Morgan fingerprint density at radius 2 is 1.33 bits per heavy atom. The molecule has 0 radical (unpaired) electrons. The number of hydrogen-bond donors (Lipinski definition) is 5. The number of carboxylic acids is 4. The second kappa shape index (κ2) is 22.5. The average Bonchev–Trinajstić information content (AvgIpc) is 2.97. The topological polar surface area (TPSA) is 291 Å². The molecule has 0 aliphatic heterocycles. The van der Waals surface area contributed by atoms with Crippen LogP contribution < -0.4 is 10.1 Å². The number of anilines is 1. The molecule has 0 saturated heterocycles. The third kappa shape index (κ3) is 20.5. The van der Waals surface area contributed by atoms with Gasteiger partial charge in [0, 0.05) is 61.2 Å². The van der Waals surface area contributed by atoms with Crippen LogP contribution in [0.2, 0.25) is 0 Å². The Balaban J connectivity index is 0.000000991. The van der Waals surface area contributed by atoms with E-state index in [1.54, 1.807) is 13.3 Å². The molecule has 1 aromatic heterocycles. The highest BCUT2D eigenvalue weighted by Crippen LogP contribution is 2.28. The van der Waals surface area contributed by atoms with E-state index in [0.717, 1.165) is 16.6 Å². The molecule has 2 rings (SSSR count). The molecule has 0 amide bonds. The summed E-state index contributed by atoms with van der Waals surface area (Å²) in [7, 11) is 1.59. The number of ether oxygens (including phenoxy) is 1. The summed E-state index contributed by atoms with van der Waals surface area (Å²) in [6, 6.07) is 7.55. The number of hydrogen-bond acceptors (Lipinski definition) is 14. The Kier molecular flexibility index (Phi) is 19.5. The van der Waals surface area contributed by atoms with E-state index in [2.05, 4.69) is 20.0 Å². The van der Waals surface area contributed by atoms with Crippen molar-refractivity contribution in [1.29, 1.82) is 0 Å². The molecule has 20 heteroatoms. The minimum atomic E-state index is -1.26. The number of nitrogens with zero attached hydrogens (tertiary/aromatic N) is 4. The first kappa shape index (κ1) is 38.9. The fourth-order valence-corrected chi connectivity index (χ4v) is 3.10. The van der Waals surface area contributed by atoms with Gasteiger partial charge in [0.2, 0.25) is 0 Å². The molecule has 0 fully saturated rings. The lowest BCUT2D eigenvalue weighted by molar-refractivity contribution is -0.758. The lowest BCUT2D eigenvalue weighted by Crippen LogP contribution is -2.33. The van der Waals surface area contributed by atoms with E-state index in [1.807, 2.05) is 29.2 Å². The summed E-state index contributed by atoms with van der Waals surface area (Å²) in [5.41, 5.74) is 1.67. The van der Waals surface area contributed by atoms with E-state index in [-0.39, 0.29) is 26.3 Å². The van der Waals surface area contributed by atoms with Gasteiger partial charge in [-0.25, -0.2) is 19.2 Å². The molecule has 0 spiro atoms. The number of aromatic nitrogens is 1. The monoisotopic (exact) mass is 641 g/mol. The van der Waals surface area contributed by atoms with Gasteiger partial charge in [0.1, 0.15) is 24.5 Å². The third-order valence-corrected chi connectivity index (χ3v) is 4.87. The maximum atomic E-state index is 10.3. The van der Waals surface area contributed by atoms with Gasteiger partial charge in [-0.05, 0) is 25.1 Å². The van der Waals surface area contributed by atoms with Crippen LogP contribution in [0.1, 0.15) is 6.42 Å². The zero-order chi connectivity index (χ0) is 34.2. The van der Waals surface area contributed by atoms with Crippen LogP contribution in [0.15, 0.2) is 54.8 Å². The van der Waals surface area contributed by atoms with Crippen LogP contribution in [0.25, 0.3) is 10.9 Å². The number of fused-ring (bicyclic) bond motifs is 1. The van der Waals surface area contributed by atoms with Crippen LogP contribution in [-0.2, 0) is 28.9 Å². The second-order valence-electron chi connectivity index (χ2n) is 7.97. The molecule has 1 aromatic carbocycles. The molecule has 5 N–H and O–H groups in total. The van der Waals surface area contributed by atoms with E-state index in [4.69, 9.17) is 25.2 Å². The number of rotatable bonds is 18. The first-order valence-electron chi connectivity index (χ1n) is 12.5. The van der Waals surface area contributed by atoms with Gasteiger partial charge in [-0.15, -0.1) is 20.2 Å². The maximum absolute atomic E-state index is 10.3. The second-order valence-corrected chi connectivity index (χ2v) is 7.97. The molecule has 246 valence electrons. The van der Waals surface area contributed by atoms with Crippen LogP contribution in [-0.4, -0.2) is 111 Å². The minimum Gasteiger partial charge on any atom is -0.494 e. The summed E-state index contributed by atoms with van der Waals surface area (Å²) in [5, 5.41) is 54.4. The Hall–Kier alpha value is -6.05. The van der Waals surface area contributed by atoms with Gasteiger partial charge in [0.15, 0.2) is 0 Å². The van der Waals surface area contributed by atoms with Crippen LogP contribution in [0.5, 0.6) is 5.75 Å². The van der Waals surface area contributed by atoms with Gasteiger partial charge in [0.25, 0.3) is 10.2 Å². The van der Waals surface area contributed by atoms with Crippen molar-refractivity contribution >= 4 is 40.5 Å². The zero-order valence-electron chi connectivity index (χ0n) is 23.7. The fraction of sp³-hybridized carbons (Fsp3) is 0.320. The van der Waals surface area contributed by atoms with E-state index < -0.39 is 34.1 Å². The number of methoxy groups -OCH3 is 1. The maximum Gasteiger partial charge on any atom is 0.328 e. The molecule has 0 aliphatic rings. The molecule has 0 saturated carbocycles. The standard InChI is InChI=1S/C17H23N5O7.2C4H4O4/c1-27-16-5-2-4-14-15(6-8-19-17(14)16)18-7-3-9-20(10-12-28-21(23)24)11-13-29-22(25)26;2*5-3(6)1-2-4(7)8/h2,4-6,8H,3,7,9-13H2,1H3,(H,18,19);2*1-2H,(H,5,6)(H,7,8)/b;2*2-1+. The number of aliphatic carboxylic acids is 4. The van der Waals surface area contributed by atoms with Gasteiger partial charge in [-0.2, -0.15) is 0 Å². The number of carboxylic acid groups (broad SMARTS) is 4. The summed E-state index contributed by atoms with van der Waals surface area (Å²) >= 11 is 0. The lowest BCUT2D eigenvalue weighted by atomic mass is 10.1. The summed E-state index contributed by atoms with van der Waals surface area (Å²) in [4.78, 5) is 73.6. The van der Waals surface area contributed by atoms with Crippen molar-refractivity contribution in [2.75, 3.05) is 51.8 Å². The van der Waals surface area contributed by atoms with Crippen molar-refractivity contribution in [2.24, 2.45) is 0 Å². The largest absolute Gasteiger partial charge is 0.494 e. The van der Waals surface area contributed by atoms with Gasteiger partial charge < -0.3 is 40.2 Å². The van der Waals surface area contributed by atoms with Crippen molar-refractivity contribution in [2.45, 2.75) is 6.42 Å². The summed E-state index contributed by atoms with van der Waals surface area (Å²) in [5.74, 6) is -4.34. The highest BCUT2D eigenvalue weighted by atomic mass is 17.0. The molecule has 0 bridgehead atoms. The first-order valence-corrected chi connectivity index (χ1v) is 12.5. The van der Waals surface area contributed by atoms with Crippen LogP contribution in [0.3, 0.4) is 0 Å². The number of benzene rings is 1. The van der Waals surface area contributed by atoms with E-state index >= 15 is 0 Å². The predicted molar refractivity (Wildman–Crippen MR) is 153 cm³/mol. The summed E-state index contributed by atoms with van der Waals surface area (Å²) in [6.07, 6.45) is 4.63. The van der Waals surface area contributed by atoms with Crippen molar-refractivity contribution in [3.63, 3.8) is 0 Å². The number of nitrogens with one attached hydrogen (secondary N) is 1. The highest BCUT2D eigenvalue weighted by Gasteiger charge is 2.09. The smallest absolute Gasteiger partial charge is 0.328 e. The minimum absolute atomic E-state index is 0.117. The van der Waals surface area contributed by atoms with Gasteiger partial charge in [-0.1, -0.05) is 12.1 Å². The molecule has 2 aromatic rings. The van der Waals surface area contributed by atoms with Crippen LogP contribution in [0, 0.1) is 20.2 Å². The molecule has 0 atom stereocenters. The van der Waals surface area contributed by atoms with Crippen molar-refractivity contribution in [1.82, 2.24) is 9.88 Å². The van der Waals surface area contributed by atoms with E-state index in [9.17, 15) is 39.4 Å². The third-order valence-electron chi connectivity index (χ3n) is 4.87. The Morgan fingerprint density at radius 3 is 1.76 bits per heavy atom. The van der Waals surface area contributed by atoms with Gasteiger partial charge in [0.05, 0.1) is 7.11 Å². The van der Waals surface area contributed by atoms with Crippen molar-refractivity contribution < 1.29 is 64.2 Å².